The fourth-order valence-electron chi connectivity index (χ4n) is 3.74. The molecule has 6 nitrogen and oxygen atoms in total. The first kappa shape index (κ1) is 13.6. The van der Waals surface area contributed by atoms with Crippen LogP contribution in [0.1, 0.15) is 32.4 Å². The molecule has 1 aliphatic heterocycles. The minimum Gasteiger partial charge on any atom is -0.377 e. The first-order valence-corrected chi connectivity index (χ1v) is 7.15. The zero-order valence-electron chi connectivity index (χ0n) is 12.0. The number of rotatable bonds is 3. The molecular formula is C14H22N4O2. The fraction of sp³-hybridized carbons (Fsp3) is 0.714. The zero-order valence-corrected chi connectivity index (χ0v) is 12.0. The molecule has 20 heavy (non-hydrogen) atoms. The van der Waals surface area contributed by atoms with E-state index in [0.717, 1.165) is 25.1 Å². The molecule has 3 rings (SSSR count). The maximum atomic E-state index is 12.6. The van der Waals surface area contributed by atoms with Gasteiger partial charge < -0.3 is 15.8 Å². The Bertz CT molecular complexity index is 499. The molecule has 2 heterocycles. The third-order valence-electron chi connectivity index (χ3n) is 5.06. The third kappa shape index (κ3) is 1.71. The summed E-state index contributed by atoms with van der Waals surface area (Å²) in [5, 5.41) is 9.62. The molecule has 0 aromatic carbocycles. The molecule has 1 saturated heterocycles. The smallest absolute Gasteiger partial charge is 0.241 e. The molecule has 2 fully saturated rings. The highest BCUT2D eigenvalue weighted by atomic mass is 16.5. The summed E-state index contributed by atoms with van der Waals surface area (Å²) in [5.41, 5.74) is 6.18. The lowest BCUT2D eigenvalue weighted by molar-refractivity contribution is -0.225. The van der Waals surface area contributed by atoms with Gasteiger partial charge in [0.25, 0.3) is 0 Å². The van der Waals surface area contributed by atoms with Crippen molar-refractivity contribution in [3.63, 3.8) is 0 Å². The number of aromatic nitrogens is 2. The topological polar surface area (TPSA) is 93.0 Å². The number of amides is 1. The third-order valence-corrected chi connectivity index (χ3v) is 5.06. The summed E-state index contributed by atoms with van der Waals surface area (Å²) in [6.07, 6.45) is 3.70. The van der Waals surface area contributed by atoms with Gasteiger partial charge in [0.05, 0.1) is 18.3 Å². The first-order chi connectivity index (χ1) is 9.48. The molecule has 1 aromatic rings. The van der Waals surface area contributed by atoms with E-state index in [9.17, 15) is 4.79 Å². The van der Waals surface area contributed by atoms with Crippen LogP contribution < -0.4 is 11.1 Å². The summed E-state index contributed by atoms with van der Waals surface area (Å²) in [5.74, 6) is 0.0249. The Balaban J connectivity index is 1.72. The van der Waals surface area contributed by atoms with Crippen LogP contribution in [0.4, 0.5) is 0 Å². The van der Waals surface area contributed by atoms with E-state index in [1.54, 1.807) is 6.20 Å². The minimum atomic E-state index is -0.849. The molecule has 3 atom stereocenters. The number of nitrogens with zero attached hydrogens (tertiary/aromatic N) is 1. The summed E-state index contributed by atoms with van der Waals surface area (Å²) < 4.78 is 5.81. The molecule has 2 aliphatic rings. The van der Waals surface area contributed by atoms with Crippen LogP contribution in [0.15, 0.2) is 12.3 Å². The van der Waals surface area contributed by atoms with Crippen molar-refractivity contribution in [1.82, 2.24) is 15.5 Å². The molecule has 0 radical (unpaired) electrons. The summed E-state index contributed by atoms with van der Waals surface area (Å²) in [4.78, 5) is 12.6. The second-order valence-electron chi connectivity index (χ2n) is 6.40. The van der Waals surface area contributed by atoms with Gasteiger partial charge in [-0.2, -0.15) is 5.10 Å². The zero-order chi connectivity index (χ0) is 14.4. The maximum absolute atomic E-state index is 12.6. The highest BCUT2D eigenvalue weighted by Crippen LogP contribution is 2.57. The number of aromatic amines is 1. The number of nitrogens with one attached hydrogen (secondary N) is 2. The van der Waals surface area contributed by atoms with E-state index in [1.165, 1.54) is 0 Å². The van der Waals surface area contributed by atoms with Crippen molar-refractivity contribution in [2.75, 3.05) is 6.61 Å². The highest BCUT2D eigenvalue weighted by molar-refractivity contribution is 5.89. The Labute approximate surface area is 118 Å². The van der Waals surface area contributed by atoms with Crippen molar-refractivity contribution in [2.24, 2.45) is 17.1 Å². The largest absolute Gasteiger partial charge is 0.377 e. The maximum Gasteiger partial charge on any atom is 0.241 e. The van der Waals surface area contributed by atoms with Crippen LogP contribution >= 0.6 is 0 Å². The van der Waals surface area contributed by atoms with Gasteiger partial charge >= 0.3 is 0 Å². The molecule has 1 amide bonds. The summed E-state index contributed by atoms with van der Waals surface area (Å²) in [6, 6.07) is 1.84. The minimum absolute atomic E-state index is 0.0937. The van der Waals surface area contributed by atoms with Gasteiger partial charge in [-0.05, 0) is 18.9 Å². The number of hydrogen-bond donors (Lipinski definition) is 3. The first-order valence-electron chi connectivity index (χ1n) is 7.15. The van der Waals surface area contributed by atoms with Crippen LogP contribution in [-0.4, -0.2) is 34.4 Å². The molecular weight excluding hydrogens is 256 g/mol. The van der Waals surface area contributed by atoms with E-state index in [0.29, 0.717) is 6.54 Å². The molecule has 0 spiro atoms. The molecule has 4 N–H and O–H groups in total. The molecule has 1 saturated carbocycles. The van der Waals surface area contributed by atoms with E-state index in [2.05, 4.69) is 15.5 Å². The number of carbonyl (C=O) groups is 1. The number of nitrogens with two attached hydrogens (primary N) is 1. The predicted octanol–water partition coefficient (Wildman–Crippen LogP) is 0.558. The van der Waals surface area contributed by atoms with Crippen molar-refractivity contribution < 1.29 is 9.53 Å². The van der Waals surface area contributed by atoms with Gasteiger partial charge in [-0.3, -0.25) is 9.89 Å². The lowest BCUT2D eigenvalue weighted by atomic mass is 9.46. The van der Waals surface area contributed by atoms with E-state index < -0.39 is 5.54 Å². The number of fused-ring (bicyclic) bond motifs is 1. The molecule has 0 bridgehead atoms. The standard InChI is InChI=1S/C14H22N4O2/c1-13(2)11-10(4-3-7-20-11)14(13,15)12(19)16-8-9-5-6-17-18-9/h5-6,10-11H,3-4,7-8,15H2,1-2H3,(H,16,19)(H,17,18). The average molecular weight is 278 g/mol. The monoisotopic (exact) mass is 278 g/mol. The Kier molecular flexibility index (Phi) is 3.10. The van der Waals surface area contributed by atoms with Gasteiger partial charge in [0.15, 0.2) is 0 Å². The van der Waals surface area contributed by atoms with Crippen LogP contribution in [0, 0.1) is 11.3 Å². The van der Waals surface area contributed by atoms with E-state index >= 15 is 0 Å². The van der Waals surface area contributed by atoms with Crippen LogP contribution in [0.3, 0.4) is 0 Å². The van der Waals surface area contributed by atoms with Crippen molar-refractivity contribution in [2.45, 2.75) is 44.9 Å². The van der Waals surface area contributed by atoms with Crippen molar-refractivity contribution in [3.8, 4) is 0 Å². The van der Waals surface area contributed by atoms with Gasteiger partial charge in [-0.25, -0.2) is 0 Å². The summed E-state index contributed by atoms with van der Waals surface area (Å²) in [6.45, 7) is 5.24. The van der Waals surface area contributed by atoms with Crippen molar-refractivity contribution in [1.29, 1.82) is 0 Å². The second-order valence-corrected chi connectivity index (χ2v) is 6.40. The van der Waals surface area contributed by atoms with Gasteiger partial charge in [0.2, 0.25) is 5.91 Å². The Hall–Kier alpha value is -1.40. The van der Waals surface area contributed by atoms with Crippen LogP contribution in [0.2, 0.25) is 0 Å². The molecule has 1 aliphatic carbocycles. The average Bonchev–Trinajstić information content (AvgIpc) is 2.97. The fourth-order valence-corrected chi connectivity index (χ4v) is 3.74. The van der Waals surface area contributed by atoms with Gasteiger partial charge in [-0.15, -0.1) is 0 Å². The van der Waals surface area contributed by atoms with Gasteiger partial charge in [0.1, 0.15) is 5.54 Å². The molecule has 1 aromatic heterocycles. The Morgan fingerprint density at radius 3 is 3.15 bits per heavy atom. The molecule has 110 valence electrons. The number of H-pyrrole nitrogens is 1. The van der Waals surface area contributed by atoms with Gasteiger partial charge in [0, 0.05) is 24.1 Å². The van der Waals surface area contributed by atoms with E-state index in [1.807, 2.05) is 19.9 Å². The summed E-state index contributed by atoms with van der Waals surface area (Å²) >= 11 is 0. The number of hydrogen-bond acceptors (Lipinski definition) is 4. The summed E-state index contributed by atoms with van der Waals surface area (Å²) in [7, 11) is 0. The predicted molar refractivity (Wildman–Crippen MR) is 73.6 cm³/mol. The molecule has 3 unspecified atom stereocenters. The van der Waals surface area contributed by atoms with Crippen LogP contribution in [0.25, 0.3) is 0 Å². The SMILES string of the molecule is CC1(C)C2OCCCC2C1(N)C(=O)NCc1ccn[nH]1. The van der Waals surface area contributed by atoms with Crippen LogP contribution in [0.5, 0.6) is 0 Å². The number of carbonyl (C=O) groups excluding carboxylic acids is 1. The van der Waals surface area contributed by atoms with E-state index in [-0.39, 0.29) is 23.3 Å². The van der Waals surface area contributed by atoms with Gasteiger partial charge in [-0.1, -0.05) is 13.8 Å². The van der Waals surface area contributed by atoms with E-state index in [4.69, 9.17) is 10.5 Å². The Morgan fingerprint density at radius 1 is 1.65 bits per heavy atom. The highest BCUT2D eigenvalue weighted by Gasteiger charge is 2.70. The molecule has 6 heteroatoms. The van der Waals surface area contributed by atoms with Crippen LogP contribution in [-0.2, 0) is 16.1 Å². The normalized spacial score (nSPS) is 35.0. The second kappa shape index (κ2) is 4.56. The van der Waals surface area contributed by atoms with Crippen molar-refractivity contribution >= 4 is 5.91 Å². The lowest BCUT2D eigenvalue weighted by Crippen LogP contribution is -2.82. The Morgan fingerprint density at radius 2 is 2.45 bits per heavy atom. The van der Waals surface area contributed by atoms with Crippen molar-refractivity contribution in [3.05, 3.63) is 18.0 Å². The lowest BCUT2D eigenvalue weighted by Gasteiger charge is -2.65. The quantitative estimate of drug-likeness (QED) is 0.753. The number of ether oxygens (including phenoxy) is 1.